The maximum atomic E-state index is 12.3. The molecule has 0 saturated heterocycles. The summed E-state index contributed by atoms with van der Waals surface area (Å²) in [6.07, 6.45) is -4.54. The number of pyridine rings is 1. The highest BCUT2D eigenvalue weighted by Crippen LogP contribution is 2.31. The zero-order chi connectivity index (χ0) is 22.3. The second-order valence-corrected chi connectivity index (χ2v) is 6.44. The molecule has 11 heteroatoms. The number of carbonyl (C=O) groups excluding carboxylic acids is 2. The van der Waals surface area contributed by atoms with E-state index in [0.717, 1.165) is 12.1 Å². The maximum absolute atomic E-state index is 12.3. The number of nitrogens with zero attached hydrogens (tertiary/aromatic N) is 1. The van der Waals surface area contributed by atoms with E-state index in [1.54, 1.807) is 19.9 Å². The first-order valence-electron chi connectivity index (χ1n) is 8.82. The normalized spacial score (nSPS) is 11.0. The Balaban J connectivity index is 1.88. The van der Waals surface area contributed by atoms with Crippen molar-refractivity contribution in [2.75, 3.05) is 18.5 Å². The van der Waals surface area contributed by atoms with Gasteiger partial charge in [-0.05, 0) is 31.2 Å². The predicted molar refractivity (Wildman–Crippen MR) is 104 cm³/mol. The third kappa shape index (κ3) is 7.43. The van der Waals surface area contributed by atoms with Crippen molar-refractivity contribution >= 4 is 29.2 Å². The van der Waals surface area contributed by atoms with Crippen LogP contribution in [0.25, 0.3) is 0 Å². The van der Waals surface area contributed by atoms with Crippen LogP contribution in [0.1, 0.15) is 29.4 Å². The number of anilines is 1. The number of aryl methyl sites for hydroxylation is 1. The molecule has 2 amide bonds. The number of carbonyl (C=O) groups is 2. The molecular formula is C19H19ClF3N3O4. The Labute approximate surface area is 175 Å². The number of hydrogen-bond donors (Lipinski definition) is 2. The second-order valence-electron chi connectivity index (χ2n) is 6.03. The highest BCUT2D eigenvalue weighted by molar-refractivity contribution is 6.32. The van der Waals surface area contributed by atoms with Gasteiger partial charge in [0, 0.05) is 23.7 Å². The highest BCUT2D eigenvalue weighted by atomic mass is 35.5. The van der Waals surface area contributed by atoms with Crippen molar-refractivity contribution in [2.45, 2.75) is 26.6 Å². The molecule has 0 unspecified atom stereocenters. The van der Waals surface area contributed by atoms with E-state index < -0.39 is 18.0 Å². The molecule has 7 nitrogen and oxygen atoms in total. The summed E-state index contributed by atoms with van der Waals surface area (Å²) in [6.45, 7) is 3.51. The van der Waals surface area contributed by atoms with Crippen molar-refractivity contribution < 1.29 is 32.2 Å². The van der Waals surface area contributed by atoms with E-state index in [1.807, 2.05) is 0 Å². The zero-order valence-corrected chi connectivity index (χ0v) is 16.9. The average molecular weight is 446 g/mol. The summed E-state index contributed by atoms with van der Waals surface area (Å²) in [7, 11) is 0. The Morgan fingerprint density at radius 1 is 1.20 bits per heavy atom. The number of nitrogens with one attached hydrogen (secondary N) is 2. The highest BCUT2D eigenvalue weighted by Gasteiger charge is 2.31. The lowest BCUT2D eigenvalue weighted by Gasteiger charge is -2.12. The molecule has 162 valence electrons. The van der Waals surface area contributed by atoms with E-state index in [4.69, 9.17) is 16.3 Å². The fraction of sp³-hybridized carbons (Fsp3) is 0.316. The number of ether oxygens (including phenoxy) is 2. The van der Waals surface area contributed by atoms with Crippen molar-refractivity contribution in [1.82, 2.24) is 10.3 Å². The fourth-order valence-electron chi connectivity index (χ4n) is 2.32. The van der Waals surface area contributed by atoms with E-state index >= 15 is 0 Å². The van der Waals surface area contributed by atoms with Gasteiger partial charge in [-0.1, -0.05) is 18.5 Å². The molecule has 2 rings (SSSR count). The van der Waals surface area contributed by atoms with Gasteiger partial charge < -0.3 is 20.1 Å². The smallest absolute Gasteiger partial charge is 0.490 e. The SMILES string of the molecule is CCC(=O)Nc1cc(C(=O)NCCOc2ccc(OC(F)(F)F)cc2Cl)cc(C)n1. The molecule has 0 atom stereocenters. The molecular weight excluding hydrogens is 427 g/mol. The van der Waals surface area contributed by atoms with Crippen molar-refractivity contribution in [2.24, 2.45) is 0 Å². The molecule has 0 spiro atoms. The first-order valence-corrected chi connectivity index (χ1v) is 9.20. The zero-order valence-electron chi connectivity index (χ0n) is 16.1. The number of halogens is 4. The number of rotatable bonds is 8. The van der Waals surface area contributed by atoms with Crippen LogP contribution < -0.4 is 20.1 Å². The molecule has 2 N–H and O–H groups in total. The van der Waals surface area contributed by atoms with Crippen LogP contribution in [0.5, 0.6) is 11.5 Å². The number of amides is 2. The van der Waals surface area contributed by atoms with Gasteiger partial charge in [0.15, 0.2) is 0 Å². The Bertz CT molecular complexity index is 922. The van der Waals surface area contributed by atoms with Gasteiger partial charge in [0.2, 0.25) is 5.91 Å². The summed E-state index contributed by atoms with van der Waals surface area (Å²) < 4.78 is 45.8. The van der Waals surface area contributed by atoms with Gasteiger partial charge in [-0.15, -0.1) is 13.2 Å². The lowest BCUT2D eigenvalue weighted by atomic mass is 10.2. The third-order valence-electron chi connectivity index (χ3n) is 3.59. The standard InChI is InChI=1S/C19H19ClF3N3O4/c1-3-17(27)26-16-9-12(8-11(2)25-16)18(28)24-6-7-29-15-5-4-13(10-14(15)20)30-19(21,22)23/h4-5,8-10H,3,6-7H2,1-2H3,(H,24,28)(H,25,26,27). The Morgan fingerprint density at radius 2 is 1.93 bits per heavy atom. The second kappa shape index (κ2) is 10.1. The summed E-state index contributed by atoms with van der Waals surface area (Å²) in [5.74, 6) is -0.680. The third-order valence-corrected chi connectivity index (χ3v) is 3.88. The largest absolute Gasteiger partial charge is 0.573 e. The van der Waals surface area contributed by atoms with Gasteiger partial charge >= 0.3 is 6.36 Å². The lowest BCUT2D eigenvalue weighted by Crippen LogP contribution is -2.28. The molecule has 0 fully saturated rings. The van der Waals surface area contributed by atoms with Crippen molar-refractivity contribution in [3.05, 3.63) is 46.6 Å². The molecule has 1 heterocycles. The fourth-order valence-corrected chi connectivity index (χ4v) is 2.54. The summed E-state index contributed by atoms with van der Waals surface area (Å²) in [6, 6.07) is 6.30. The molecule has 1 aromatic heterocycles. The van der Waals surface area contributed by atoms with Crippen LogP contribution in [0.3, 0.4) is 0 Å². The van der Waals surface area contributed by atoms with Crippen LogP contribution in [0.2, 0.25) is 5.02 Å². The minimum atomic E-state index is -4.82. The minimum absolute atomic E-state index is 0.0223. The Kier molecular flexibility index (Phi) is 7.87. The maximum Gasteiger partial charge on any atom is 0.573 e. The van der Waals surface area contributed by atoms with Gasteiger partial charge in [-0.3, -0.25) is 9.59 Å². The van der Waals surface area contributed by atoms with Crippen LogP contribution in [-0.2, 0) is 4.79 Å². The minimum Gasteiger partial charge on any atom is -0.490 e. The van der Waals surface area contributed by atoms with E-state index in [2.05, 4.69) is 20.4 Å². The van der Waals surface area contributed by atoms with Gasteiger partial charge in [0.05, 0.1) is 11.6 Å². The van der Waals surface area contributed by atoms with Gasteiger partial charge in [-0.25, -0.2) is 4.98 Å². The van der Waals surface area contributed by atoms with Crippen LogP contribution in [0, 0.1) is 6.92 Å². The van der Waals surface area contributed by atoms with E-state index in [1.165, 1.54) is 12.1 Å². The number of hydrogen-bond acceptors (Lipinski definition) is 5. The van der Waals surface area contributed by atoms with E-state index in [-0.39, 0.29) is 42.1 Å². The van der Waals surface area contributed by atoms with E-state index in [9.17, 15) is 22.8 Å². The quantitative estimate of drug-likeness (QED) is 0.597. The topological polar surface area (TPSA) is 89.6 Å². The lowest BCUT2D eigenvalue weighted by molar-refractivity contribution is -0.274. The van der Waals surface area contributed by atoms with Gasteiger partial charge in [0.1, 0.15) is 23.9 Å². The molecule has 0 saturated carbocycles. The number of alkyl halides is 3. The Morgan fingerprint density at radius 3 is 2.57 bits per heavy atom. The molecule has 0 aliphatic carbocycles. The predicted octanol–water partition coefficient (Wildman–Crippen LogP) is 4.10. The van der Waals surface area contributed by atoms with Crippen LogP contribution in [0.4, 0.5) is 19.0 Å². The Hall–Kier alpha value is -3.01. The van der Waals surface area contributed by atoms with Crippen molar-refractivity contribution in [3.8, 4) is 11.5 Å². The van der Waals surface area contributed by atoms with Crippen molar-refractivity contribution in [1.29, 1.82) is 0 Å². The van der Waals surface area contributed by atoms with E-state index in [0.29, 0.717) is 11.3 Å². The van der Waals surface area contributed by atoms with Crippen LogP contribution >= 0.6 is 11.6 Å². The molecule has 0 radical (unpaired) electrons. The van der Waals surface area contributed by atoms with Crippen LogP contribution in [-0.4, -0.2) is 36.3 Å². The monoisotopic (exact) mass is 445 g/mol. The van der Waals surface area contributed by atoms with Crippen molar-refractivity contribution in [3.63, 3.8) is 0 Å². The van der Waals surface area contributed by atoms with Crippen LogP contribution in [0.15, 0.2) is 30.3 Å². The van der Waals surface area contributed by atoms with Gasteiger partial charge in [-0.2, -0.15) is 0 Å². The van der Waals surface area contributed by atoms with Gasteiger partial charge in [0.25, 0.3) is 5.91 Å². The summed E-state index contributed by atoms with van der Waals surface area (Å²) in [5, 5.41) is 5.16. The summed E-state index contributed by atoms with van der Waals surface area (Å²) in [4.78, 5) is 27.9. The molecule has 0 aliphatic heterocycles. The summed E-state index contributed by atoms with van der Waals surface area (Å²) >= 11 is 5.88. The summed E-state index contributed by atoms with van der Waals surface area (Å²) in [5.41, 5.74) is 0.860. The first kappa shape index (κ1) is 23.3. The number of aromatic nitrogens is 1. The average Bonchev–Trinajstić information content (AvgIpc) is 2.64. The molecule has 2 aromatic rings. The number of benzene rings is 1. The molecule has 0 aliphatic rings. The first-order chi connectivity index (χ1) is 14.1. The molecule has 1 aromatic carbocycles. The molecule has 0 bridgehead atoms. The molecule has 30 heavy (non-hydrogen) atoms.